The van der Waals surface area contributed by atoms with Gasteiger partial charge >= 0.3 is 0 Å². The molecule has 2 unspecified atom stereocenters. The van der Waals surface area contributed by atoms with Crippen LogP contribution in [0.15, 0.2) is 54.6 Å². The summed E-state index contributed by atoms with van der Waals surface area (Å²) < 4.78 is 0.879. The molecule has 0 saturated carbocycles. The Morgan fingerprint density at radius 1 is 1.10 bits per heavy atom. The summed E-state index contributed by atoms with van der Waals surface area (Å²) in [6.45, 7) is 1.81. The first-order chi connectivity index (χ1) is 14.8. The number of nitrogens with one attached hydrogen (secondary N) is 1. The summed E-state index contributed by atoms with van der Waals surface area (Å²) in [5.74, 6) is -0.424. The second-order valence-electron chi connectivity index (χ2n) is 7.13. The number of aromatic nitrogens is 1. The van der Waals surface area contributed by atoms with Crippen LogP contribution in [-0.2, 0) is 4.79 Å². The van der Waals surface area contributed by atoms with E-state index < -0.39 is 12.1 Å². The predicted molar refractivity (Wildman–Crippen MR) is 130 cm³/mol. The smallest absolute Gasteiger partial charge is 0.257 e. The van der Waals surface area contributed by atoms with Crippen LogP contribution >= 0.6 is 45.8 Å². The molecule has 158 valence electrons. The Labute approximate surface area is 202 Å². The largest absolute Gasteiger partial charge is 0.383 e. The summed E-state index contributed by atoms with van der Waals surface area (Å²) in [5, 5.41) is 3.68. The van der Waals surface area contributed by atoms with Gasteiger partial charge in [-0.1, -0.05) is 41.4 Å². The third-order valence-electron chi connectivity index (χ3n) is 5.21. The minimum Gasteiger partial charge on any atom is -0.383 e. The standard InChI is InChI=1S/C22H17Cl2IN4O2/c1-11(15-7-9-18(24)28-20(15)26)29-19(12-2-4-13(23)5-3-12)21(30)27-17-8-6-14(25)10-16(17)22(29)31/h2-11,19H,1H3,(H2,26,28)(H,27,30). The minimum absolute atomic E-state index is 0.204. The molecule has 3 N–H and O–H groups in total. The van der Waals surface area contributed by atoms with Crippen molar-refractivity contribution in [2.24, 2.45) is 0 Å². The lowest BCUT2D eigenvalue weighted by molar-refractivity contribution is -0.121. The number of fused-ring (bicyclic) bond motifs is 1. The molecule has 2 amide bonds. The molecule has 1 aromatic heterocycles. The number of hydrogen-bond donors (Lipinski definition) is 2. The van der Waals surface area contributed by atoms with Crippen LogP contribution in [0.4, 0.5) is 11.5 Å². The number of anilines is 2. The first-order valence-electron chi connectivity index (χ1n) is 9.36. The SMILES string of the molecule is CC(c1ccc(Cl)nc1N)N1C(=O)c2cc(I)ccc2NC(=O)C1c1ccc(Cl)cc1. The number of nitrogens with two attached hydrogens (primary N) is 1. The monoisotopic (exact) mass is 566 g/mol. The Kier molecular flexibility index (Phi) is 6.09. The van der Waals surface area contributed by atoms with Gasteiger partial charge in [0.2, 0.25) is 0 Å². The third-order valence-corrected chi connectivity index (χ3v) is 6.34. The summed E-state index contributed by atoms with van der Waals surface area (Å²) in [4.78, 5) is 32.8. The molecule has 1 aliphatic heterocycles. The van der Waals surface area contributed by atoms with E-state index in [1.54, 1.807) is 48.5 Å². The van der Waals surface area contributed by atoms with Gasteiger partial charge in [0.1, 0.15) is 17.0 Å². The van der Waals surface area contributed by atoms with Crippen molar-refractivity contribution in [1.29, 1.82) is 0 Å². The van der Waals surface area contributed by atoms with Gasteiger partial charge in [-0.3, -0.25) is 9.59 Å². The second-order valence-corrected chi connectivity index (χ2v) is 9.20. The first kappa shape index (κ1) is 21.9. The molecule has 31 heavy (non-hydrogen) atoms. The van der Waals surface area contributed by atoms with E-state index >= 15 is 0 Å². The van der Waals surface area contributed by atoms with E-state index in [-0.39, 0.29) is 22.8 Å². The van der Waals surface area contributed by atoms with Crippen molar-refractivity contribution >= 4 is 69.1 Å². The minimum atomic E-state index is -0.903. The Morgan fingerprint density at radius 2 is 1.81 bits per heavy atom. The average Bonchev–Trinajstić information content (AvgIpc) is 2.83. The van der Waals surface area contributed by atoms with Crippen LogP contribution in [0.3, 0.4) is 0 Å². The highest BCUT2D eigenvalue weighted by Crippen LogP contribution is 2.39. The number of carbonyl (C=O) groups is 2. The average molecular weight is 567 g/mol. The second kappa shape index (κ2) is 8.64. The molecule has 6 nitrogen and oxygen atoms in total. The van der Waals surface area contributed by atoms with Crippen LogP contribution in [0.1, 0.15) is 40.5 Å². The van der Waals surface area contributed by atoms with Crippen LogP contribution in [0.25, 0.3) is 0 Å². The molecule has 0 fully saturated rings. The lowest BCUT2D eigenvalue weighted by atomic mass is 9.99. The number of carbonyl (C=O) groups excluding carboxylic acids is 2. The highest BCUT2D eigenvalue weighted by molar-refractivity contribution is 14.1. The van der Waals surface area contributed by atoms with Crippen LogP contribution in [0.2, 0.25) is 10.2 Å². The number of amides is 2. The normalized spacial score (nSPS) is 17.0. The molecule has 2 heterocycles. The van der Waals surface area contributed by atoms with Crippen LogP contribution in [0, 0.1) is 3.57 Å². The van der Waals surface area contributed by atoms with Crippen LogP contribution in [0.5, 0.6) is 0 Å². The Balaban J connectivity index is 1.90. The molecular formula is C22H17Cl2IN4O2. The molecule has 4 rings (SSSR count). The summed E-state index contributed by atoms with van der Waals surface area (Å²) in [6, 6.07) is 14.1. The summed E-state index contributed by atoms with van der Waals surface area (Å²) in [7, 11) is 0. The zero-order valence-electron chi connectivity index (χ0n) is 16.3. The molecular weight excluding hydrogens is 550 g/mol. The van der Waals surface area contributed by atoms with Gasteiger partial charge in [-0.25, -0.2) is 4.98 Å². The molecule has 0 aliphatic carbocycles. The topological polar surface area (TPSA) is 88.3 Å². The van der Waals surface area contributed by atoms with E-state index in [9.17, 15) is 9.59 Å². The zero-order chi connectivity index (χ0) is 22.3. The van der Waals surface area contributed by atoms with E-state index in [0.29, 0.717) is 27.4 Å². The quantitative estimate of drug-likeness (QED) is 0.325. The number of hydrogen-bond acceptors (Lipinski definition) is 4. The predicted octanol–water partition coefficient (Wildman–Crippen LogP) is 5.47. The van der Waals surface area contributed by atoms with Crippen LogP contribution < -0.4 is 11.1 Å². The fraction of sp³-hybridized carbons (Fsp3) is 0.136. The van der Waals surface area contributed by atoms with Gasteiger partial charge in [-0.05, 0) is 71.5 Å². The van der Waals surface area contributed by atoms with Gasteiger partial charge < -0.3 is 16.0 Å². The molecule has 2 atom stereocenters. The van der Waals surface area contributed by atoms with E-state index in [4.69, 9.17) is 28.9 Å². The number of nitrogens with zero attached hydrogens (tertiary/aromatic N) is 2. The molecule has 0 saturated heterocycles. The lowest BCUT2D eigenvalue weighted by Gasteiger charge is -2.35. The molecule has 0 spiro atoms. The van der Waals surface area contributed by atoms with Gasteiger partial charge in [-0.2, -0.15) is 0 Å². The number of rotatable bonds is 3. The number of benzene rings is 2. The third kappa shape index (κ3) is 4.22. The lowest BCUT2D eigenvalue weighted by Crippen LogP contribution is -2.40. The fourth-order valence-electron chi connectivity index (χ4n) is 3.71. The van der Waals surface area contributed by atoms with Gasteiger partial charge in [0, 0.05) is 14.2 Å². The van der Waals surface area contributed by atoms with Gasteiger partial charge in [0.05, 0.1) is 17.3 Å². The highest BCUT2D eigenvalue weighted by atomic mass is 127. The van der Waals surface area contributed by atoms with E-state index in [1.807, 2.05) is 13.0 Å². The summed E-state index contributed by atoms with van der Waals surface area (Å²) in [6.07, 6.45) is 0. The number of nitrogen functional groups attached to an aromatic ring is 1. The fourth-order valence-corrected chi connectivity index (χ4v) is 4.48. The van der Waals surface area contributed by atoms with Crippen molar-refractivity contribution < 1.29 is 9.59 Å². The van der Waals surface area contributed by atoms with Crippen LogP contribution in [-0.4, -0.2) is 21.7 Å². The molecule has 0 radical (unpaired) electrons. The van der Waals surface area contributed by atoms with Crippen molar-refractivity contribution in [3.8, 4) is 0 Å². The Morgan fingerprint density at radius 3 is 2.48 bits per heavy atom. The number of pyridine rings is 1. The van der Waals surface area contributed by atoms with Gasteiger partial charge in [0.15, 0.2) is 0 Å². The van der Waals surface area contributed by atoms with Crippen molar-refractivity contribution in [2.45, 2.75) is 19.0 Å². The first-order valence-corrected chi connectivity index (χ1v) is 11.2. The van der Waals surface area contributed by atoms with Crippen molar-refractivity contribution in [3.63, 3.8) is 0 Å². The molecule has 3 aromatic rings. The van der Waals surface area contributed by atoms with Gasteiger partial charge in [-0.15, -0.1) is 0 Å². The Bertz CT molecular complexity index is 1190. The summed E-state index contributed by atoms with van der Waals surface area (Å²) in [5.41, 5.74) is 8.21. The van der Waals surface area contributed by atoms with Crippen molar-refractivity contribution in [1.82, 2.24) is 9.88 Å². The molecule has 1 aliphatic rings. The molecule has 2 aromatic carbocycles. The summed E-state index contributed by atoms with van der Waals surface area (Å²) >= 11 is 14.1. The van der Waals surface area contributed by atoms with Crippen molar-refractivity contribution in [3.05, 3.63) is 85.0 Å². The maximum absolute atomic E-state index is 13.8. The van der Waals surface area contributed by atoms with E-state index in [0.717, 1.165) is 3.57 Å². The highest BCUT2D eigenvalue weighted by Gasteiger charge is 2.40. The maximum atomic E-state index is 13.8. The van der Waals surface area contributed by atoms with Gasteiger partial charge in [0.25, 0.3) is 11.8 Å². The van der Waals surface area contributed by atoms with E-state index in [1.165, 1.54) is 4.90 Å². The zero-order valence-corrected chi connectivity index (χ0v) is 19.9. The number of halogens is 3. The molecule has 0 bridgehead atoms. The molecule has 9 heteroatoms. The van der Waals surface area contributed by atoms with E-state index in [2.05, 4.69) is 32.9 Å². The maximum Gasteiger partial charge on any atom is 0.257 e. The van der Waals surface area contributed by atoms with Crippen molar-refractivity contribution in [2.75, 3.05) is 11.1 Å². The Hall–Kier alpha value is -2.36.